The lowest BCUT2D eigenvalue weighted by molar-refractivity contribution is -0.147. The van der Waals surface area contributed by atoms with E-state index in [1.165, 1.54) is 48.6 Å². The molecule has 1 aromatic heterocycles. The molecule has 0 spiro atoms. The van der Waals surface area contributed by atoms with Crippen LogP contribution in [0.3, 0.4) is 0 Å². The molecule has 0 bridgehead atoms. The fraction of sp³-hybridized carbons (Fsp3) is 0.459. The zero-order valence-corrected chi connectivity index (χ0v) is 53.0. The third-order valence-corrected chi connectivity index (χ3v) is 16.8. The van der Waals surface area contributed by atoms with Gasteiger partial charge in [-0.3, -0.25) is 33.6 Å². The number of hydrogen-bond donors (Lipinski definition) is 14. The number of rotatable bonds is 19. The Hall–Kier alpha value is -7.49. The number of aliphatic hydroxyl groups excluding tert-OH is 6. The molecule has 7 amide bonds. The number of benzene rings is 4. The fourth-order valence-electron chi connectivity index (χ4n) is 10.9. The largest absolute Gasteiger partial charge is 0.504 e. The van der Waals surface area contributed by atoms with E-state index >= 15 is 0 Å². The maximum absolute atomic E-state index is 14.7. The molecule has 31 heteroatoms. The van der Waals surface area contributed by atoms with Crippen LogP contribution in [-0.2, 0) is 51.3 Å². The van der Waals surface area contributed by atoms with Crippen molar-refractivity contribution in [3.63, 3.8) is 0 Å². The van der Waals surface area contributed by atoms with Crippen LogP contribution in [0.2, 0.25) is 0 Å². The molecule has 0 aliphatic carbocycles. The maximum atomic E-state index is 14.7. The number of β-amino-alcohol motifs (C(OH)–C–C–N with tert-alkyl or cyclic N) is 1. The minimum Gasteiger partial charge on any atom is -0.504 e. The van der Waals surface area contributed by atoms with Gasteiger partial charge in [0.1, 0.15) is 59.7 Å². The molecule has 16 N–H and O–H groups in total. The first-order chi connectivity index (χ1) is 43.1. The number of nitrogens with two attached hydrogens (primary N) is 2. The lowest BCUT2D eigenvalue weighted by Gasteiger charge is -2.34. The van der Waals surface area contributed by atoms with Crippen LogP contribution in [0.5, 0.6) is 11.5 Å². The molecule has 13 atom stereocenters. The molecule has 8 rings (SSSR count). The van der Waals surface area contributed by atoms with Crippen LogP contribution in [0, 0.1) is 5.92 Å². The van der Waals surface area contributed by atoms with Gasteiger partial charge in [-0.1, -0.05) is 85.0 Å². The lowest BCUT2D eigenvalue weighted by atomic mass is 9.98. The highest BCUT2D eigenvalue weighted by Gasteiger charge is 2.50. The first-order valence-corrected chi connectivity index (χ1v) is 30.1. The van der Waals surface area contributed by atoms with Crippen molar-refractivity contribution in [2.45, 2.75) is 119 Å². The number of hydrogen-bond acceptors (Lipinski definition) is 22. The van der Waals surface area contributed by atoms with Crippen LogP contribution in [0.4, 0.5) is 0 Å². The van der Waals surface area contributed by atoms with Gasteiger partial charge >= 0.3 is 0 Å². The Kier molecular flexibility index (Phi) is 27.1. The minimum absolute atomic E-state index is 0. The summed E-state index contributed by atoms with van der Waals surface area (Å²) < 4.78 is 15.9. The highest BCUT2D eigenvalue weighted by molar-refractivity contribution is 7.17. The van der Waals surface area contributed by atoms with Crippen molar-refractivity contribution in [3.05, 3.63) is 108 Å². The second-order valence-corrected chi connectivity index (χ2v) is 23.5. The molecule has 28 nitrogen and oxygen atoms in total. The number of aromatic nitrogens is 2. The molecule has 92 heavy (non-hydrogen) atoms. The zero-order chi connectivity index (χ0) is 64.9. The van der Waals surface area contributed by atoms with Crippen molar-refractivity contribution in [3.8, 4) is 43.8 Å². The van der Waals surface area contributed by atoms with E-state index in [4.69, 9.17) is 25.7 Å². The number of aromatic hydroxyl groups is 1. The molecular formula is C61H79Cl2N11O17S. The summed E-state index contributed by atoms with van der Waals surface area (Å²) in [7, 11) is 1.56. The van der Waals surface area contributed by atoms with E-state index in [-0.39, 0.29) is 86.9 Å². The zero-order valence-electron chi connectivity index (χ0n) is 50.5. The van der Waals surface area contributed by atoms with Gasteiger partial charge in [0, 0.05) is 75.2 Å². The number of aliphatic hydroxyl groups is 6. The first-order valence-electron chi connectivity index (χ1n) is 29.3. The molecule has 5 aromatic rings. The van der Waals surface area contributed by atoms with E-state index in [0.717, 1.165) is 39.0 Å². The van der Waals surface area contributed by atoms with Gasteiger partial charge in [-0.25, -0.2) is 0 Å². The number of carbonyl (C=O) groups excluding carboxylic acids is 7. The normalized spacial score (nSPS) is 24.4. The van der Waals surface area contributed by atoms with Crippen LogP contribution in [0.15, 0.2) is 91.0 Å². The van der Waals surface area contributed by atoms with Gasteiger partial charge in [0.15, 0.2) is 11.5 Å². The van der Waals surface area contributed by atoms with Crippen molar-refractivity contribution >= 4 is 77.5 Å². The van der Waals surface area contributed by atoms with Gasteiger partial charge in [-0.05, 0) is 66.4 Å². The van der Waals surface area contributed by atoms with E-state index in [1.54, 1.807) is 19.2 Å². The number of ether oxygens (including phenoxy) is 3. The number of phenols is 1. The first kappa shape index (κ1) is 73.6. The maximum Gasteiger partial charge on any atom is 0.251 e. The number of fused-ring (bicyclic) bond motifs is 2. The predicted molar refractivity (Wildman–Crippen MR) is 339 cm³/mol. The standard InChI is InChI=1S/C61H77N11O17S.2ClH/c1-31-27-72-51(52(31)79)57(84)64-26-40(74)24-42(65-53(80)37-11-15-39(16-12-37)59-70-69-58(90-59)38-13-9-36(10-14-38)35-7-4-33(5-8-35)29-88-30-87-3)54(81)66-48(32(2)73)60(85)71-28-41(75)25-43(71)55(82)67-49(56(83)68-50(61(72)86)45(77)18-19-62)46(78)22-34-6-17-44(76)47(23-34)89-21-20-63;;/h4-17,23,31-32,40-43,45-46,48-52,73-79H,18-22,24-30,62-63H2,1-3H3,(H,64,84)(H,65,80)(H,66,81)(H,67,82)(H,68,83);2*1H/t31-,32+,40+,41+,42-,43-,45+,46+,48-,49-,50-,51-,52-;;/m0../s1. The number of methoxy groups -OCH3 is 1. The van der Waals surface area contributed by atoms with Gasteiger partial charge < -0.3 is 97.8 Å². The smallest absolute Gasteiger partial charge is 0.251 e. The molecule has 3 fully saturated rings. The Bertz CT molecular complexity index is 3320. The third-order valence-electron chi connectivity index (χ3n) is 15.8. The molecular weight excluding hydrogens is 1260 g/mol. The molecule has 0 radical (unpaired) electrons. The highest BCUT2D eigenvalue weighted by atomic mass is 35.5. The van der Waals surface area contributed by atoms with E-state index in [1.807, 2.05) is 48.5 Å². The summed E-state index contributed by atoms with van der Waals surface area (Å²) in [6.07, 6.45) is -11.9. The van der Waals surface area contributed by atoms with E-state index < -0.39 is 152 Å². The summed E-state index contributed by atoms with van der Waals surface area (Å²) in [6, 6.07) is 14.9. The monoisotopic (exact) mass is 1340 g/mol. The molecule has 4 heterocycles. The van der Waals surface area contributed by atoms with E-state index in [0.29, 0.717) is 22.2 Å². The van der Waals surface area contributed by atoms with Gasteiger partial charge in [0.25, 0.3) is 5.91 Å². The van der Waals surface area contributed by atoms with Crippen LogP contribution < -0.4 is 42.8 Å². The fourth-order valence-corrected chi connectivity index (χ4v) is 11.7. The molecule has 0 unspecified atom stereocenters. The summed E-state index contributed by atoms with van der Waals surface area (Å²) in [5, 5.41) is 101. The average Bonchev–Trinajstić information content (AvgIpc) is 1.67. The quantitative estimate of drug-likeness (QED) is 0.0343. The molecule has 3 aliphatic rings. The van der Waals surface area contributed by atoms with Gasteiger partial charge in [0.2, 0.25) is 35.4 Å². The van der Waals surface area contributed by atoms with Crippen LogP contribution in [0.1, 0.15) is 54.6 Å². The summed E-state index contributed by atoms with van der Waals surface area (Å²) in [5.74, 6) is -8.70. The van der Waals surface area contributed by atoms with E-state index in [2.05, 4.69) is 36.8 Å². The van der Waals surface area contributed by atoms with Crippen molar-refractivity contribution in [2.24, 2.45) is 17.4 Å². The van der Waals surface area contributed by atoms with Crippen molar-refractivity contribution in [1.82, 2.24) is 46.6 Å². The summed E-state index contributed by atoms with van der Waals surface area (Å²) in [4.78, 5) is 103. The Morgan fingerprint density at radius 1 is 0.707 bits per heavy atom. The molecule has 4 aromatic carbocycles. The number of nitrogens with zero attached hydrogens (tertiary/aromatic N) is 4. The van der Waals surface area contributed by atoms with Crippen LogP contribution >= 0.6 is 36.2 Å². The van der Waals surface area contributed by atoms with Gasteiger partial charge in [-0.2, -0.15) is 0 Å². The molecule has 500 valence electrons. The van der Waals surface area contributed by atoms with Crippen molar-refractivity contribution < 1.29 is 83.5 Å². The number of amides is 7. The van der Waals surface area contributed by atoms with E-state index in [9.17, 15) is 69.3 Å². The molecule has 3 aliphatic heterocycles. The predicted octanol–water partition coefficient (Wildman–Crippen LogP) is -1.16. The Morgan fingerprint density at radius 2 is 1.29 bits per heavy atom. The second kappa shape index (κ2) is 33.9. The number of nitrogens with one attached hydrogen (secondary N) is 5. The summed E-state index contributed by atoms with van der Waals surface area (Å²) >= 11 is 1.31. The lowest BCUT2D eigenvalue weighted by Crippen LogP contribution is -2.64. The SMILES string of the molecule is COCOCc1ccc(-c2ccc(-c3nnc(-c4ccc(C(=O)N[C@H]5C[C@@H](O)CNC(=O)[C@@H]6[C@@H](O)[C@@H](C)CN6C(=O)[C@H]([C@H](O)CCN)NC(=O)[C@H]([C@H](O)Cc6ccc(O)c(OCCN)c6)NC(=O)[C@@H]6C[C@@H](O)CN6C(=O)[C@H]([C@@H](C)O)NC5=O)cc4)s3)cc2)cc1.Cl.Cl. The summed E-state index contributed by atoms with van der Waals surface area (Å²) in [5.41, 5.74) is 16.1. The molecule has 0 saturated carbocycles. The van der Waals surface area contributed by atoms with Crippen molar-refractivity contribution in [2.75, 3.05) is 53.2 Å². The Morgan fingerprint density at radius 3 is 1.91 bits per heavy atom. The van der Waals surface area contributed by atoms with Crippen LogP contribution in [0.25, 0.3) is 32.3 Å². The minimum atomic E-state index is -2.05. The summed E-state index contributed by atoms with van der Waals surface area (Å²) in [6.45, 7) is 1.65. The molecule has 3 saturated heterocycles. The van der Waals surface area contributed by atoms with Gasteiger partial charge in [0.05, 0.1) is 43.2 Å². The van der Waals surface area contributed by atoms with Gasteiger partial charge in [-0.15, -0.1) is 35.0 Å². The highest BCUT2D eigenvalue weighted by Crippen LogP contribution is 2.33. The Balaban J connectivity index is 0.00000672. The second-order valence-electron chi connectivity index (χ2n) is 22.5. The number of halogens is 2. The average molecular weight is 1340 g/mol. The van der Waals surface area contributed by atoms with Crippen LogP contribution in [-0.4, -0.2) is 223 Å². The number of carbonyl (C=O) groups is 7. The third kappa shape index (κ3) is 18.2. The number of phenolic OH excluding ortho intramolecular Hbond substituents is 1. The van der Waals surface area contributed by atoms with Crippen molar-refractivity contribution in [1.29, 1.82) is 0 Å². The topological polar surface area (TPSA) is 433 Å². The Labute approximate surface area is 546 Å².